The molecule has 5 atom stereocenters. The molecular weight excluding hydrogens is 501 g/mol. The van der Waals surface area contributed by atoms with Crippen molar-refractivity contribution in [2.45, 2.75) is 70.9 Å². The highest BCUT2D eigenvalue weighted by Crippen LogP contribution is 2.45. The molecule has 0 amide bonds. The number of rotatable bonds is 10. The smallest absolute Gasteiger partial charge is 0.225 e. The highest BCUT2D eigenvalue weighted by Gasteiger charge is 2.41. The molecule has 3 aliphatic carbocycles. The molecule has 0 aliphatic heterocycles. The Kier molecular flexibility index (Phi) is 9.16. The van der Waals surface area contributed by atoms with Crippen LogP contribution in [0.15, 0.2) is 30.5 Å². The van der Waals surface area contributed by atoms with E-state index in [0.29, 0.717) is 47.2 Å². The first-order valence-corrected chi connectivity index (χ1v) is 14.8. The van der Waals surface area contributed by atoms with Gasteiger partial charge in [0.15, 0.2) is 11.6 Å². The number of halogens is 2. The van der Waals surface area contributed by atoms with Crippen LogP contribution in [0.4, 0.5) is 16.2 Å². The summed E-state index contributed by atoms with van der Waals surface area (Å²) in [6.45, 7) is 4.68. The van der Waals surface area contributed by atoms with E-state index in [0.717, 1.165) is 63.0 Å². The van der Waals surface area contributed by atoms with Gasteiger partial charge in [-0.25, -0.2) is 9.37 Å². The molecule has 1 aromatic carbocycles. The van der Waals surface area contributed by atoms with Gasteiger partial charge in [0.1, 0.15) is 6.29 Å². The maximum atomic E-state index is 14.6. The van der Waals surface area contributed by atoms with Crippen molar-refractivity contribution in [2.75, 3.05) is 23.7 Å². The molecule has 0 radical (unpaired) electrons. The van der Waals surface area contributed by atoms with E-state index in [1.54, 1.807) is 0 Å². The Morgan fingerprint density at radius 1 is 1.03 bits per heavy atom. The van der Waals surface area contributed by atoms with Crippen molar-refractivity contribution < 1.29 is 9.18 Å². The minimum atomic E-state index is -0.429. The Morgan fingerprint density at radius 3 is 2.63 bits per heavy atom. The van der Waals surface area contributed by atoms with Crippen molar-refractivity contribution in [3.63, 3.8) is 0 Å². The molecule has 3 N–H and O–H groups in total. The van der Waals surface area contributed by atoms with E-state index in [2.05, 4.69) is 32.8 Å². The van der Waals surface area contributed by atoms with Crippen LogP contribution in [0, 0.1) is 41.3 Å². The van der Waals surface area contributed by atoms with Gasteiger partial charge in [0.25, 0.3) is 0 Å². The normalized spacial score (nSPS) is 31.0. The monoisotopic (exact) mass is 541 g/mol. The summed E-state index contributed by atoms with van der Waals surface area (Å²) < 4.78 is 14.6. The third-order valence-electron chi connectivity index (χ3n) is 9.19. The van der Waals surface area contributed by atoms with Gasteiger partial charge in [-0.05, 0) is 99.1 Å². The average Bonchev–Trinajstić information content (AvgIpc) is 2.92. The molecule has 0 saturated heterocycles. The molecule has 3 fully saturated rings. The Morgan fingerprint density at radius 2 is 1.84 bits per heavy atom. The molecule has 5 rings (SSSR count). The van der Waals surface area contributed by atoms with Gasteiger partial charge in [-0.1, -0.05) is 36.7 Å². The maximum Gasteiger partial charge on any atom is 0.225 e. The van der Waals surface area contributed by atoms with E-state index in [1.807, 2.05) is 24.3 Å². The van der Waals surface area contributed by atoms with Crippen LogP contribution in [0.25, 0.3) is 0 Å². The van der Waals surface area contributed by atoms with Crippen LogP contribution in [0.5, 0.6) is 0 Å². The second kappa shape index (κ2) is 12.7. The standard InChI is InChI=1S/C30H41ClFN5O/c1-19-10-22-11-23(13-25(12-22)28(19)33-14-20-6-8-21(18-38)9-7-20)15-34-29-27(32)17-36-30(37-29)35-16-24-4-2-3-5-26(24)31/h2-5,17-23,25,28,33H,6-16H2,1H3,(H2,34,35,36,37)/t19-,20?,21?,22?,23-,25-,28+/m1/s1. The number of hydrogen-bond donors (Lipinski definition) is 3. The zero-order valence-corrected chi connectivity index (χ0v) is 23.1. The lowest BCUT2D eigenvalue weighted by Crippen LogP contribution is -2.50. The van der Waals surface area contributed by atoms with Crippen molar-refractivity contribution in [3.05, 3.63) is 46.9 Å². The fourth-order valence-electron chi connectivity index (χ4n) is 7.24. The lowest BCUT2D eigenvalue weighted by molar-refractivity contribution is -0.112. The van der Waals surface area contributed by atoms with Crippen molar-refractivity contribution >= 4 is 29.7 Å². The first-order chi connectivity index (χ1) is 18.5. The Labute approximate surface area is 230 Å². The van der Waals surface area contributed by atoms with Gasteiger partial charge in [0, 0.05) is 30.1 Å². The van der Waals surface area contributed by atoms with Crippen molar-refractivity contribution in [1.82, 2.24) is 15.3 Å². The average molecular weight is 542 g/mol. The molecule has 1 unspecified atom stereocenters. The molecule has 206 valence electrons. The highest BCUT2D eigenvalue weighted by molar-refractivity contribution is 6.31. The second-order valence-electron chi connectivity index (χ2n) is 12.0. The number of fused-ring (bicyclic) bond motifs is 2. The summed E-state index contributed by atoms with van der Waals surface area (Å²) >= 11 is 6.24. The summed E-state index contributed by atoms with van der Waals surface area (Å²) in [5.41, 5.74) is 0.941. The first-order valence-electron chi connectivity index (χ1n) is 14.4. The third kappa shape index (κ3) is 6.84. The molecule has 0 spiro atoms. The highest BCUT2D eigenvalue weighted by atomic mass is 35.5. The number of nitrogens with one attached hydrogen (secondary N) is 3. The van der Waals surface area contributed by atoms with Crippen LogP contribution >= 0.6 is 11.6 Å². The second-order valence-corrected chi connectivity index (χ2v) is 12.4. The molecule has 1 aromatic heterocycles. The van der Waals surface area contributed by atoms with Crippen LogP contribution < -0.4 is 16.0 Å². The fraction of sp³-hybridized carbons (Fsp3) is 0.633. The summed E-state index contributed by atoms with van der Waals surface area (Å²) in [5, 5.41) is 11.1. The largest absolute Gasteiger partial charge is 0.367 e. The van der Waals surface area contributed by atoms with E-state index >= 15 is 0 Å². The van der Waals surface area contributed by atoms with Gasteiger partial charge in [-0.2, -0.15) is 4.98 Å². The minimum absolute atomic E-state index is 0.256. The van der Waals surface area contributed by atoms with Crippen LogP contribution in [-0.2, 0) is 11.3 Å². The van der Waals surface area contributed by atoms with Crippen LogP contribution in [-0.4, -0.2) is 35.4 Å². The number of hydrogen-bond acceptors (Lipinski definition) is 6. The number of nitrogens with zero attached hydrogens (tertiary/aromatic N) is 2. The van der Waals surface area contributed by atoms with Crippen LogP contribution in [0.2, 0.25) is 5.02 Å². The van der Waals surface area contributed by atoms with E-state index in [1.165, 1.54) is 25.5 Å². The maximum absolute atomic E-state index is 14.6. The zero-order chi connectivity index (χ0) is 26.5. The third-order valence-corrected chi connectivity index (χ3v) is 9.56. The minimum Gasteiger partial charge on any atom is -0.367 e. The number of aldehydes is 1. The molecule has 38 heavy (non-hydrogen) atoms. The van der Waals surface area contributed by atoms with E-state index in [-0.39, 0.29) is 11.7 Å². The molecule has 6 nitrogen and oxygen atoms in total. The summed E-state index contributed by atoms with van der Waals surface area (Å²) in [4.78, 5) is 19.6. The molecule has 3 saturated carbocycles. The molecular formula is C30H41ClFN5O. The fourth-order valence-corrected chi connectivity index (χ4v) is 7.44. The van der Waals surface area contributed by atoms with Crippen molar-refractivity contribution in [2.24, 2.45) is 35.5 Å². The summed E-state index contributed by atoms with van der Waals surface area (Å²) in [6, 6.07) is 8.16. The number of anilines is 2. The number of carbonyl (C=O) groups excluding carboxylic acids is 1. The van der Waals surface area contributed by atoms with Crippen molar-refractivity contribution in [3.8, 4) is 0 Å². The van der Waals surface area contributed by atoms with Crippen LogP contribution in [0.3, 0.4) is 0 Å². The number of aromatic nitrogens is 2. The predicted octanol–water partition coefficient (Wildman–Crippen LogP) is 6.33. The Bertz CT molecular complexity index is 1080. The van der Waals surface area contributed by atoms with Gasteiger partial charge in [-0.3, -0.25) is 0 Å². The van der Waals surface area contributed by atoms with Gasteiger partial charge >= 0.3 is 0 Å². The SMILES string of the molecule is C[C@@H]1CC2C[C@@H](CNc3nc(NCc4ccccc4Cl)ncc3F)C[C@@H](C2)[C@H]1NCC1CCC(C=O)CC1. The quantitative estimate of drug-likeness (QED) is 0.305. The van der Waals surface area contributed by atoms with Gasteiger partial charge < -0.3 is 20.7 Å². The van der Waals surface area contributed by atoms with Crippen molar-refractivity contribution in [1.29, 1.82) is 0 Å². The van der Waals surface area contributed by atoms with E-state index < -0.39 is 5.82 Å². The van der Waals surface area contributed by atoms with Crippen LogP contribution in [0.1, 0.15) is 63.9 Å². The van der Waals surface area contributed by atoms with Gasteiger partial charge in [-0.15, -0.1) is 0 Å². The van der Waals surface area contributed by atoms with Gasteiger partial charge in [0.2, 0.25) is 5.95 Å². The summed E-state index contributed by atoms with van der Waals surface area (Å²) in [6.07, 6.45) is 11.7. The molecule has 2 bridgehead atoms. The number of benzene rings is 1. The lowest BCUT2D eigenvalue weighted by Gasteiger charge is -2.48. The van der Waals surface area contributed by atoms with Gasteiger partial charge in [0.05, 0.1) is 6.20 Å². The first kappa shape index (κ1) is 27.3. The Balaban J connectivity index is 1.13. The van der Waals surface area contributed by atoms with E-state index in [9.17, 15) is 9.18 Å². The summed E-state index contributed by atoms with van der Waals surface area (Å²) in [5.74, 6) is 3.79. The molecule has 3 aliphatic rings. The number of carbonyl (C=O) groups is 1. The predicted molar refractivity (Wildman–Crippen MR) is 151 cm³/mol. The molecule has 1 heterocycles. The Hall–Kier alpha value is -2.25. The summed E-state index contributed by atoms with van der Waals surface area (Å²) in [7, 11) is 0. The topological polar surface area (TPSA) is 78.9 Å². The zero-order valence-electron chi connectivity index (χ0n) is 22.3. The molecule has 8 heteroatoms. The lowest BCUT2D eigenvalue weighted by atomic mass is 9.62. The van der Waals surface area contributed by atoms with E-state index in [4.69, 9.17) is 11.6 Å². The molecule has 2 aromatic rings.